The van der Waals surface area contributed by atoms with Crippen molar-refractivity contribution in [1.29, 1.82) is 0 Å². The number of amides is 2. The molecule has 0 atom stereocenters. The third kappa shape index (κ3) is 3.77. The third-order valence-electron chi connectivity index (χ3n) is 3.90. The van der Waals surface area contributed by atoms with E-state index in [1.807, 2.05) is 0 Å². The number of hydrogen-bond donors (Lipinski definition) is 2. The van der Waals surface area contributed by atoms with Crippen LogP contribution in [-0.4, -0.2) is 16.7 Å². The Morgan fingerprint density at radius 2 is 2.00 bits per heavy atom. The van der Waals surface area contributed by atoms with Gasteiger partial charge in [-0.3, -0.25) is 19.7 Å². The molecule has 25 heavy (non-hydrogen) atoms. The van der Waals surface area contributed by atoms with E-state index < -0.39 is 10.8 Å². The quantitative estimate of drug-likeness (QED) is 0.643. The van der Waals surface area contributed by atoms with Gasteiger partial charge in [-0.1, -0.05) is 11.6 Å². The van der Waals surface area contributed by atoms with E-state index in [9.17, 15) is 19.7 Å². The molecule has 0 saturated heterocycles. The highest BCUT2D eigenvalue weighted by molar-refractivity contribution is 6.31. The molecule has 0 radical (unpaired) electrons. The van der Waals surface area contributed by atoms with Crippen molar-refractivity contribution < 1.29 is 14.5 Å². The van der Waals surface area contributed by atoms with Crippen LogP contribution in [0.25, 0.3) is 0 Å². The average Bonchev–Trinajstić information content (AvgIpc) is 2.76. The zero-order valence-corrected chi connectivity index (χ0v) is 13.8. The first-order chi connectivity index (χ1) is 11.9. The lowest BCUT2D eigenvalue weighted by Crippen LogP contribution is -2.14. The molecule has 0 aromatic heterocycles. The topological polar surface area (TPSA) is 101 Å². The maximum atomic E-state index is 12.5. The zero-order valence-electron chi connectivity index (χ0n) is 13.0. The third-order valence-corrected chi connectivity index (χ3v) is 4.13. The fourth-order valence-electron chi connectivity index (χ4n) is 2.67. The molecule has 8 heteroatoms. The number of aryl methyl sites for hydroxylation is 1. The summed E-state index contributed by atoms with van der Waals surface area (Å²) in [6.45, 7) is 0. The molecule has 128 valence electrons. The smallest absolute Gasteiger partial charge is 0.294 e. The van der Waals surface area contributed by atoms with Gasteiger partial charge >= 0.3 is 0 Å². The Morgan fingerprint density at radius 1 is 1.20 bits per heavy atom. The normalized spacial score (nSPS) is 13.4. The molecule has 0 bridgehead atoms. The first-order valence-corrected chi connectivity index (χ1v) is 8.00. The van der Waals surface area contributed by atoms with Gasteiger partial charge in [0.25, 0.3) is 11.6 Å². The number of hydrogen-bond acceptors (Lipinski definition) is 4. The van der Waals surface area contributed by atoms with Crippen LogP contribution in [0, 0.1) is 10.1 Å². The van der Waals surface area contributed by atoms with Gasteiger partial charge in [0.15, 0.2) is 0 Å². The van der Waals surface area contributed by atoms with Crippen molar-refractivity contribution in [1.82, 2.24) is 0 Å². The van der Waals surface area contributed by atoms with Crippen molar-refractivity contribution in [3.63, 3.8) is 0 Å². The number of carbonyl (C=O) groups is 2. The standard InChI is InChI=1S/C17H14ClN3O4/c18-12-5-7-14(15(9-12)21(24)25)20-17(23)11-4-6-13-10(8-11)2-1-3-16(22)19-13/h4-9H,1-3H2,(H,19,22)(H,20,23). The van der Waals surface area contributed by atoms with Crippen LogP contribution in [0.15, 0.2) is 36.4 Å². The maximum Gasteiger partial charge on any atom is 0.294 e. The van der Waals surface area contributed by atoms with E-state index in [1.54, 1.807) is 18.2 Å². The van der Waals surface area contributed by atoms with Gasteiger partial charge in [0.2, 0.25) is 5.91 Å². The molecule has 0 saturated carbocycles. The Morgan fingerprint density at radius 3 is 2.76 bits per heavy atom. The fraction of sp³-hybridized carbons (Fsp3) is 0.176. The van der Waals surface area contributed by atoms with Gasteiger partial charge < -0.3 is 10.6 Å². The van der Waals surface area contributed by atoms with Gasteiger partial charge in [0, 0.05) is 28.8 Å². The molecule has 0 spiro atoms. The molecule has 1 aliphatic heterocycles. The molecule has 0 unspecified atom stereocenters. The fourth-order valence-corrected chi connectivity index (χ4v) is 2.84. The van der Waals surface area contributed by atoms with Crippen LogP contribution in [0.3, 0.4) is 0 Å². The molecular formula is C17H14ClN3O4. The summed E-state index contributed by atoms with van der Waals surface area (Å²) in [5, 5.41) is 16.7. The highest BCUT2D eigenvalue weighted by atomic mass is 35.5. The Bertz CT molecular complexity index is 882. The lowest BCUT2D eigenvalue weighted by Gasteiger charge is -2.10. The Labute approximate surface area is 148 Å². The summed E-state index contributed by atoms with van der Waals surface area (Å²) >= 11 is 5.77. The number of nitrogens with zero attached hydrogens (tertiary/aromatic N) is 1. The van der Waals surface area contributed by atoms with Crippen molar-refractivity contribution in [3.05, 3.63) is 62.7 Å². The van der Waals surface area contributed by atoms with E-state index in [-0.39, 0.29) is 22.3 Å². The Balaban J connectivity index is 1.86. The maximum absolute atomic E-state index is 12.5. The molecule has 2 amide bonds. The highest BCUT2D eigenvalue weighted by Gasteiger charge is 2.19. The number of carbonyl (C=O) groups excluding carboxylic acids is 2. The molecule has 2 aromatic rings. The summed E-state index contributed by atoms with van der Waals surface area (Å²) in [4.78, 5) is 34.5. The van der Waals surface area contributed by atoms with Crippen molar-refractivity contribution in [2.24, 2.45) is 0 Å². The Hall–Kier alpha value is -2.93. The van der Waals surface area contributed by atoms with E-state index in [4.69, 9.17) is 11.6 Å². The first-order valence-electron chi connectivity index (χ1n) is 7.62. The minimum absolute atomic E-state index is 0.0484. The largest absolute Gasteiger partial charge is 0.326 e. The number of nitrogens with one attached hydrogen (secondary N) is 2. The monoisotopic (exact) mass is 359 g/mol. The van der Waals surface area contributed by atoms with Gasteiger partial charge in [-0.25, -0.2) is 0 Å². The number of nitro benzene ring substituents is 1. The molecule has 0 fully saturated rings. The van der Waals surface area contributed by atoms with Crippen molar-refractivity contribution in [2.45, 2.75) is 19.3 Å². The van der Waals surface area contributed by atoms with Crippen LogP contribution in [0.4, 0.5) is 17.1 Å². The van der Waals surface area contributed by atoms with Gasteiger partial charge in [-0.15, -0.1) is 0 Å². The van der Waals surface area contributed by atoms with Gasteiger partial charge in [0.05, 0.1) is 4.92 Å². The highest BCUT2D eigenvalue weighted by Crippen LogP contribution is 2.29. The Kier molecular flexibility index (Phi) is 4.67. The predicted molar refractivity (Wildman–Crippen MR) is 94.1 cm³/mol. The van der Waals surface area contributed by atoms with E-state index >= 15 is 0 Å². The van der Waals surface area contributed by atoms with Gasteiger partial charge in [-0.2, -0.15) is 0 Å². The lowest BCUT2D eigenvalue weighted by atomic mass is 10.0. The second-order valence-electron chi connectivity index (χ2n) is 5.65. The predicted octanol–water partition coefficient (Wildman–Crippen LogP) is 3.78. The van der Waals surface area contributed by atoms with Crippen LogP contribution >= 0.6 is 11.6 Å². The SMILES string of the molecule is O=C1CCCc2cc(C(=O)Nc3ccc(Cl)cc3[N+](=O)[O-])ccc2N1. The van der Waals surface area contributed by atoms with Crippen LogP contribution in [-0.2, 0) is 11.2 Å². The van der Waals surface area contributed by atoms with E-state index in [1.165, 1.54) is 18.2 Å². The van der Waals surface area contributed by atoms with Gasteiger partial charge in [-0.05, 0) is 48.7 Å². The number of anilines is 2. The van der Waals surface area contributed by atoms with Crippen LogP contribution in [0.1, 0.15) is 28.8 Å². The van der Waals surface area contributed by atoms with Crippen LogP contribution < -0.4 is 10.6 Å². The molecule has 7 nitrogen and oxygen atoms in total. The minimum Gasteiger partial charge on any atom is -0.326 e. The molecule has 1 heterocycles. The second kappa shape index (κ2) is 6.90. The number of fused-ring (bicyclic) bond motifs is 1. The average molecular weight is 360 g/mol. The van der Waals surface area contributed by atoms with E-state index in [0.717, 1.165) is 5.56 Å². The van der Waals surface area contributed by atoms with E-state index in [2.05, 4.69) is 10.6 Å². The summed E-state index contributed by atoms with van der Waals surface area (Å²) in [7, 11) is 0. The van der Waals surface area contributed by atoms with Crippen LogP contribution in [0.5, 0.6) is 0 Å². The molecule has 0 aliphatic carbocycles. The van der Waals surface area contributed by atoms with Crippen LogP contribution in [0.2, 0.25) is 5.02 Å². The molecular weight excluding hydrogens is 346 g/mol. The van der Waals surface area contributed by atoms with Gasteiger partial charge in [0.1, 0.15) is 5.69 Å². The number of halogens is 1. The minimum atomic E-state index is -0.603. The molecule has 2 N–H and O–H groups in total. The summed E-state index contributed by atoms with van der Waals surface area (Å²) in [5.41, 5.74) is 1.71. The van der Waals surface area contributed by atoms with Crippen molar-refractivity contribution >= 4 is 40.5 Å². The summed E-state index contributed by atoms with van der Waals surface area (Å²) < 4.78 is 0. The van der Waals surface area contributed by atoms with E-state index in [0.29, 0.717) is 30.5 Å². The molecule has 2 aromatic carbocycles. The molecule has 1 aliphatic rings. The van der Waals surface area contributed by atoms with Crippen molar-refractivity contribution in [2.75, 3.05) is 10.6 Å². The number of rotatable bonds is 3. The first kappa shape index (κ1) is 16.9. The zero-order chi connectivity index (χ0) is 18.0. The summed E-state index contributed by atoms with van der Waals surface area (Å²) in [5.74, 6) is -0.517. The van der Waals surface area contributed by atoms with Crippen molar-refractivity contribution in [3.8, 4) is 0 Å². The second-order valence-corrected chi connectivity index (χ2v) is 6.08. The number of benzene rings is 2. The molecule has 3 rings (SSSR count). The summed E-state index contributed by atoms with van der Waals surface area (Å²) in [6.07, 6.45) is 1.82. The summed E-state index contributed by atoms with van der Waals surface area (Å²) in [6, 6.07) is 8.98. The lowest BCUT2D eigenvalue weighted by molar-refractivity contribution is -0.383. The number of nitro groups is 1.